The zero-order valence-electron chi connectivity index (χ0n) is 5.80. The molecule has 0 aromatic heterocycles. The SMILES string of the molecule is CC(C)(N)CS(=O)(=O)F.Cl. The summed E-state index contributed by atoms with van der Waals surface area (Å²) in [5.74, 6) is -0.625. The van der Waals surface area contributed by atoms with Crippen molar-refractivity contribution >= 4 is 22.6 Å². The van der Waals surface area contributed by atoms with Gasteiger partial charge < -0.3 is 5.73 Å². The lowest BCUT2D eigenvalue weighted by Gasteiger charge is -2.13. The first-order valence-electron chi connectivity index (χ1n) is 2.42. The predicted octanol–water partition coefficient (Wildman–Crippen LogP) is 0.445. The molecule has 6 heteroatoms. The second-order valence-corrected chi connectivity index (χ2v) is 4.04. The van der Waals surface area contributed by atoms with Gasteiger partial charge in [-0.1, -0.05) is 0 Å². The van der Waals surface area contributed by atoms with Crippen molar-refractivity contribution in [1.82, 2.24) is 0 Å². The average molecular weight is 192 g/mol. The molecule has 0 heterocycles. The Balaban J connectivity index is 0. The van der Waals surface area contributed by atoms with Crippen LogP contribution in [0.1, 0.15) is 13.8 Å². The number of hydrogen-bond acceptors (Lipinski definition) is 3. The molecule has 0 fully saturated rings. The molecule has 0 amide bonds. The molecular formula is C4H11ClFNO2S. The smallest absolute Gasteiger partial charge is 0.304 e. The van der Waals surface area contributed by atoms with E-state index in [9.17, 15) is 12.3 Å². The summed E-state index contributed by atoms with van der Waals surface area (Å²) in [6.45, 7) is 2.90. The molecule has 0 bridgehead atoms. The zero-order chi connectivity index (χ0) is 7.71. The lowest BCUT2D eigenvalue weighted by molar-refractivity contribution is 0.513. The summed E-state index contributed by atoms with van der Waals surface area (Å²) in [6, 6.07) is 0. The third-order valence-corrected chi connectivity index (χ3v) is 1.63. The minimum atomic E-state index is -4.41. The van der Waals surface area contributed by atoms with Gasteiger partial charge in [-0.3, -0.25) is 0 Å². The summed E-state index contributed by atoms with van der Waals surface area (Å²) in [5.41, 5.74) is 4.22. The molecule has 64 valence electrons. The Bertz CT molecular complexity index is 184. The minimum Gasteiger partial charge on any atom is -0.325 e. The van der Waals surface area contributed by atoms with Crippen molar-refractivity contribution in [2.45, 2.75) is 19.4 Å². The molecule has 2 N–H and O–H groups in total. The Morgan fingerprint density at radius 3 is 1.80 bits per heavy atom. The first kappa shape index (κ1) is 12.8. The van der Waals surface area contributed by atoms with E-state index in [1.807, 2.05) is 0 Å². The Morgan fingerprint density at radius 1 is 1.50 bits per heavy atom. The molecule has 0 atom stereocenters. The molecule has 0 aliphatic heterocycles. The fourth-order valence-corrected chi connectivity index (χ4v) is 1.33. The van der Waals surface area contributed by atoms with Crippen LogP contribution in [0, 0.1) is 0 Å². The number of rotatable bonds is 2. The molecular weight excluding hydrogens is 181 g/mol. The van der Waals surface area contributed by atoms with Crippen molar-refractivity contribution < 1.29 is 12.3 Å². The molecule has 0 aromatic carbocycles. The van der Waals surface area contributed by atoms with Gasteiger partial charge in [0, 0.05) is 5.54 Å². The van der Waals surface area contributed by atoms with E-state index in [1.165, 1.54) is 13.8 Å². The Kier molecular flexibility index (Phi) is 4.47. The molecule has 0 spiro atoms. The van der Waals surface area contributed by atoms with Crippen molar-refractivity contribution in [2.75, 3.05) is 5.75 Å². The van der Waals surface area contributed by atoms with Gasteiger partial charge in [-0.25, -0.2) is 0 Å². The molecule has 10 heavy (non-hydrogen) atoms. The van der Waals surface area contributed by atoms with Crippen molar-refractivity contribution in [3.8, 4) is 0 Å². The lowest BCUT2D eigenvalue weighted by Crippen LogP contribution is -2.38. The van der Waals surface area contributed by atoms with Crippen LogP contribution in [0.2, 0.25) is 0 Å². The number of hydrogen-bond donors (Lipinski definition) is 1. The summed E-state index contributed by atoms with van der Waals surface area (Å²) < 4.78 is 31.6. The van der Waals surface area contributed by atoms with E-state index in [4.69, 9.17) is 5.73 Å². The molecule has 0 aliphatic rings. The lowest BCUT2D eigenvalue weighted by atomic mass is 10.1. The summed E-state index contributed by atoms with van der Waals surface area (Å²) in [4.78, 5) is 0. The topological polar surface area (TPSA) is 60.2 Å². The monoisotopic (exact) mass is 191 g/mol. The van der Waals surface area contributed by atoms with Gasteiger partial charge in [0.25, 0.3) is 0 Å². The average Bonchev–Trinajstić information content (AvgIpc) is 1.14. The Morgan fingerprint density at radius 2 is 1.80 bits per heavy atom. The number of halogens is 2. The third-order valence-electron chi connectivity index (χ3n) is 0.544. The fourth-order valence-electron chi connectivity index (χ4n) is 0.444. The van der Waals surface area contributed by atoms with Gasteiger partial charge in [0.15, 0.2) is 0 Å². The van der Waals surface area contributed by atoms with E-state index >= 15 is 0 Å². The van der Waals surface area contributed by atoms with Gasteiger partial charge in [0.05, 0.1) is 5.75 Å². The molecule has 0 saturated carbocycles. The Labute approximate surface area is 66.4 Å². The summed E-state index contributed by atoms with van der Waals surface area (Å²) >= 11 is 0. The second-order valence-electron chi connectivity index (χ2n) is 2.67. The van der Waals surface area contributed by atoms with E-state index in [1.54, 1.807) is 0 Å². The maximum atomic E-state index is 11.8. The second kappa shape index (κ2) is 3.50. The van der Waals surface area contributed by atoms with E-state index in [-0.39, 0.29) is 12.4 Å². The molecule has 0 radical (unpaired) electrons. The molecule has 0 aromatic rings. The van der Waals surface area contributed by atoms with Crippen molar-refractivity contribution in [2.24, 2.45) is 5.73 Å². The van der Waals surface area contributed by atoms with Crippen LogP contribution in [0.15, 0.2) is 0 Å². The summed E-state index contributed by atoms with van der Waals surface area (Å²) in [6.07, 6.45) is 0. The highest BCUT2D eigenvalue weighted by molar-refractivity contribution is 7.86. The summed E-state index contributed by atoms with van der Waals surface area (Å²) in [7, 11) is -4.41. The van der Waals surface area contributed by atoms with Gasteiger partial charge in [-0.2, -0.15) is 8.42 Å². The van der Waals surface area contributed by atoms with E-state index in [2.05, 4.69) is 0 Å². The van der Waals surface area contributed by atoms with Gasteiger partial charge in [-0.15, -0.1) is 16.3 Å². The van der Waals surface area contributed by atoms with Crippen molar-refractivity contribution in [1.29, 1.82) is 0 Å². The Hall–Kier alpha value is 0.130. The van der Waals surface area contributed by atoms with Crippen LogP contribution in [0.4, 0.5) is 3.89 Å². The molecule has 0 unspecified atom stereocenters. The van der Waals surface area contributed by atoms with Gasteiger partial charge in [0.2, 0.25) is 0 Å². The van der Waals surface area contributed by atoms with Gasteiger partial charge >= 0.3 is 10.2 Å². The standard InChI is InChI=1S/C4H10FNO2S.ClH/c1-4(2,6)3-9(5,7)8;/h3,6H2,1-2H3;1H. The first-order chi connectivity index (χ1) is 3.71. The highest BCUT2D eigenvalue weighted by Gasteiger charge is 2.20. The minimum absolute atomic E-state index is 0. The number of nitrogens with two attached hydrogens (primary N) is 1. The molecule has 0 aliphatic carbocycles. The van der Waals surface area contributed by atoms with Crippen molar-refractivity contribution in [3.05, 3.63) is 0 Å². The van der Waals surface area contributed by atoms with Gasteiger partial charge in [-0.05, 0) is 13.8 Å². The summed E-state index contributed by atoms with van der Waals surface area (Å²) in [5, 5.41) is 0. The molecule has 0 rings (SSSR count). The molecule has 0 saturated heterocycles. The van der Waals surface area contributed by atoms with E-state index < -0.39 is 21.5 Å². The normalized spacial score (nSPS) is 12.4. The van der Waals surface area contributed by atoms with Crippen LogP contribution < -0.4 is 5.73 Å². The van der Waals surface area contributed by atoms with Crippen LogP contribution >= 0.6 is 12.4 Å². The van der Waals surface area contributed by atoms with Crippen molar-refractivity contribution in [3.63, 3.8) is 0 Å². The molecule has 3 nitrogen and oxygen atoms in total. The maximum absolute atomic E-state index is 11.8. The van der Waals surface area contributed by atoms with E-state index in [0.717, 1.165) is 0 Å². The van der Waals surface area contributed by atoms with Gasteiger partial charge in [0.1, 0.15) is 0 Å². The predicted molar refractivity (Wildman–Crippen MR) is 40.4 cm³/mol. The zero-order valence-corrected chi connectivity index (χ0v) is 7.43. The maximum Gasteiger partial charge on any atom is 0.304 e. The van der Waals surface area contributed by atoms with Crippen LogP contribution in [-0.2, 0) is 10.2 Å². The highest BCUT2D eigenvalue weighted by Crippen LogP contribution is 2.03. The quantitative estimate of drug-likeness (QED) is 0.645. The van der Waals surface area contributed by atoms with E-state index in [0.29, 0.717) is 0 Å². The van der Waals surface area contributed by atoms with Crippen LogP contribution in [0.25, 0.3) is 0 Å². The van der Waals surface area contributed by atoms with Crippen LogP contribution in [0.3, 0.4) is 0 Å². The largest absolute Gasteiger partial charge is 0.325 e. The first-order valence-corrected chi connectivity index (χ1v) is 3.97. The highest BCUT2D eigenvalue weighted by atomic mass is 35.5. The fraction of sp³-hybridized carbons (Fsp3) is 1.00. The van der Waals surface area contributed by atoms with Crippen LogP contribution in [0.5, 0.6) is 0 Å². The third kappa shape index (κ3) is 11.0. The van der Waals surface area contributed by atoms with Crippen LogP contribution in [-0.4, -0.2) is 19.7 Å².